The third-order valence-corrected chi connectivity index (χ3v) is 7.67. The van der Waals surface area contributed by atoms with Crippen LogP contribution >= 0.6 is 11.6 Å². The minimum atomic E-state index is 0.496. The molecule has 2 heterocycles. The highest BCUT2D eigenvalue weighted by Crippen LogP contribution is 2.47. The Morgan fingerprint density at radius 3 is 1.97 bits per heavy atom. The molecule has 0 spiro atoms. The first-order valence-corrected chi connectivity index (χ1v) is 12.3. The third kappa shape index (κ3) is 6.00. The topological polar surface area (TPSA) is 17.8 Å². The van der Waals surface area contributed by atoms with Crippen LogP contribution in [0.4, 0.5) is 0 Å². The normalized spacial score (nSPS) is 12.8. The van der Waals surface area contributed by atoms with Gasteiger partial charge in [0.1, 0.15) is 5.65 Å². The maximum absolute atomic E-state index is 6.24. The number of fused-ring (bicyclic) bond motifs is 1. The van der Waals surface area contributed by atoms with Crippen molar-refractivity contribution in [1.82, 2.24) is 9.55 Å². The lowest BCUT2D eigenvalue weighted by atomic mass is 9.60. The lowest BCUT2D eigenvalue weighted by Gasteiger charge is -2.45. The summed E-state index contributed by atoms with van der Waals surface area (Å²) in [7, 11) is 0. The second-order valence-electron chi connectivity index (χ2n) is 9.84. The molecule has 0 saturated carbocycles. The van der Waals surface area contributed by atoms with Crippen molar-refractivity contribution in [1.29, 1.82) is 0 Å². The molecule has 0 bridgehead atoms. The summed E-state index contributed by atoms with van der Waals surface area (Å²) in [6.07, 6.45) is 14.7. The number of rotatable bonds is 13. The lowest BCUT2D eigenvalue weighted by molar-refractivity contribution is 0.0356. The molecule has 164 valence electrons. The number of halogens is 1. The van der Waals surface area contributed by atoms with Crippen LogP contribution in [0, 0.1) is 23.2 Å². The minimum Gasteiger partial charge on any atom is -0.332 e. The fourth-order valence-electron chi connectivity index (χ4n) is 5.70. The average molecular weight is 419 g/mol. The van der Waals surface area contributed by atoms with Gasteiger partial charge in [0.2, 0.25) is 0 Å². The molecule has 0 radical (unpaired) electrons. The fraction of sp³-hybridized carbons (Fsp3) is 0.731. The summed E-state index contributed by atoms with van der Waals surface area (Å²) in [6.45, 7) is 15.6. The van der Waals surface area contributed by atoms with Gasteiger partial charge in [0.15, 0.2) is 0 Å². The van der Waals surface area contributed by atoms with Gasteiger partial charge in [-0.2, -0.15) is 0 Å². The van der Waals surface area contributed by atoms with Crippen LogP contribution < -0.4 is 0 Å². The number of hydrogen-bond acceptors (Lipinski definition) is 1. The Morgan fingerprint density at radius 2 is 1.38 bits per heavy atom. The summed E-state index contributed by atoms with van der Waals surface area (Å²) in [5.74, 6) is 2.28. The van der Waals surface area contributed by atoms with E-state index in [2.05, 4.69) is 63.4 Å². The summed E-state index contributed by atoms with van der Waals surface area (Å²) in [4.78, 5) is 4.49. The van der Waals surface area contributed by atoms with Crippen LogP contribution in [-0.4, -0.2) is 9.55 Å². The van der Waals surface area contributed by atoms with Gasteiger partial charge >= 0.3 is 0 Å². The van der Waals surface area contributed by atoms with Gasteiger partial charge in [0, 0.05) is 24.3 Å². The first kappa shape index (κ1) is 24.3. The predicted octanol–water partition coefficient (Wildman–Crippen LogP) is 8.76. The Bertz CT molecular complexity index is 708. The standard InChI is InChI=1S/C26H43ClN2/c1-20(2)26(21(3)4,22(5)6)16-12-10-8-7-9-11-13-18-29-19-15-23-24(27)14-17-28-25(23)29/h14-15,17,19-22H,7-13,16,18H2,1-6H3. The van der Waals surface area contributed by atoms with Crippen molar-refractivity contribution in [3.8, 4) is 0 Å². The van der Waals surface area contributed by atoms with E-state index >= 15 is 0 Å². The van der Waals surface area contributed by atoms with Gasteiger partial charge in [-0.15, -0.1) is 0 Å². The highest BCUT2D eigenvalue weighted by atomic mass is 35.5. The highest BCUT2D eigenvalue weighted by Gasteiger charge is 2.39. The van der Waals surface area contributed by atoms with E-state index < -0.39 is 0 Å². The molecule has 0 N–H and O–H groups in total. The van der Waals surface area contributed by atoms with Crippen molar-refractivity contribution in [2.75, 3.05) is 0 Å². The number of aryl methyl sites for hydroxylation is 1. The van der Waals surface area contributed by atoms with Gasteiger partial charge < -0.3 is 4.57 Å². The van der Waals surface area contributed by atoms with E-state index in [1.807, 2.05) is 6.07 Å². The number of aromatic nitrogens is 2. The molecular weight excluding hydrogens is 376 g/mol. The molecule has 0 saturated heterocycles. The van der Waals surface area contributed by atoms with Crippen LogP contribution in [0.25, 0.3) is 11.0 Å². The largest absolute Gasteiger partial charge is 0.332 e. The van der Waals surface area contributed by atoms with E-state index in [1.54, 1.807) is 6.20 Å². The Balaban J connectivity index is 1.63. The van der Waals surface area contributed by atoms with Crippen molar-refractivity contribution in [3.05, 3.63) is 29.5 Å². The van der Waals surface area contributed by atoms with Gasteiger partial charge in [-0.3, -0.25) is 0 Å². The molecule has 0 atom stereocenters. The lowest BCUT2D eigenvalue weighted by Crippen LogP contribution is -2.38. The number of unbranched alkanes of at least 4 members (excludes halogenated alkanes) is 6. The number of nitrogens with zero attached hydrogens (tertiary/aromatic N) is 2. The summed E-state index contributed by atoms with van der Waals surface area (Å²) >= 11 is 6.24. The molecule has 3 heteroatoms. The monoisotopic (exact) mass is 418 g/mol. The van der Waals surface area contributed by atoms with E-state index in [4.69, 9.17) is 11.6 Å². The zero-order chi connectivity index (χ0) is 21.4. The molecule has 0 aliphatic carbocycles. The predicted molar refractivity (Wildman–Crippen MR) is 129 cm³/mol. The second-order valence-corrected chi connectivity index (χ2v) is 10.2. The van der Waals surface area contributed by atoms with E-state index in [1.165, 1.54) is 51.4 Å². The number of hydrogen-bond donors (Lipinski definition) is 0. The average Bonchev–Trinajstić information content (AvgIpc) is 3.07. The molecule has 0 aromatic carbocycles. The number of pyridine rings is 1. The van der Waals surface area contributed by atoms with E-state index in [9.17, 15) is 0 Å². The van der Waals surface area contributed by atoms with Gasteiger partial charge in [-0.05, 0) is 48.1 Å². The quantitative estimate of drug-likeness (QED) is 0.297. The molecule has 2 aromatic heterocycles. The maximum Gasteiger partial charge on any atom is 0.141 e. The minimum absolute atomic E-state index is 0.496. The summed E-state index contributed by atoms with van der Waals surface area (Å²) in [5.41, 5.74) is 1.51. The molecule has 2 nitrogen and oxygen atoms in total. The van der Waals surface area contributed by atoms with Crippen LogP contribution in [0.1, 0.15) is 92.9 Å². The van der Waals surface area contributed by atoms with Crippen molar-refractivity contribution in [3.63, 3.8) is 0 Å². The molecule has 0 amide bonds. The van der Waals surface area contributed by atoms with Crippen molar-refractivity contribution < 1.29 is 0 Å². The third-order valence-electron chi connectivity index (χ3n) is 7.34. The Kier molecular flexibility index (Phi) is 9.53. The maximum atomic E-state index is 6.24. The Morgan fingerprint density at radius 1 is 0.828 bits per heavy atom. The van der Waals surface area contributed by atoms with Crippen molar-refractivity contribution in [2.24, 2.45) is 23.2 Å². The summed E-state index contributed by atoms with van der Waals surface area (Å²) < 4.78 is 2.24. The van der Waals surface area contributed by atoms with Crippen molar-refractivity contribution in [2.45, 2.75) is 99.5 Å². The van der Waals surface area contributed by atoms with Crippen LogP contribution in [0.3, 0.4) is 0 Å². The first-order chi connectivity index (χ1) is 13.8. The molecule has 0 aliphatic rings. The van der Waals surface area contributed by atoms with Crippen LogP contribution in [-0.2, 0) is 6.54 Å². The first-order valence-electron chi connectivity index (χ1n) is 11.9. The van der Waals surface area contributed by atoms with Crippen LogP contribution in [0.2, 0.25) is 5.02 Å². The molecule has 0 aliphatic heterocycles. The smallest absolute Gasteiger partial charge is 0.141 e. The van der Waals surface area contributed by atoms with Gasteiger partial charge in [-0.25, -0.2) is 4.98 Å². The summed E-state index contributed by atoms with van der Waals surface area (Å²) in [6, 6.07) is 3.94. The second kappa shape index (κ2) is 11.4. The van der Waals surface area contributed by atoms with E-state index in [0.717, 1.165) is 40.4 Å². The zero-order valence-corrected chi connectivity index (χ0v) is 20.4. The molecule has 0 fully saturated rings. The zero-order valence-electron chi connectivity index (χ0n) is 19.7. The van der Waals surface area contributed by atoms with Gasteiger partial charge in [-0.1, -0.05) is 91.7 Å². The highest BCUT2D eigenvalue weighted by molar-refractivity contribution is 6.35. The fourth-order valence-corrected chi connectivity index (χ4v) is 5.91. The van der Waals surface area contributed by atoms with Crippen LogP contribution in [0.5, 0.6) is 0 Å². The van der Waals surface area contributed by atoms with Crippen LogP contribution in [0.15, 0.2) is 24.5 Å². The van der Waals surface area contributed by atoms with Gasteiger partial charge in [0.05, 0.1) is 5.02 Å². The van der Waals surface area contributed by atoms with Crippen molar-refractivity contribution >= 4 is 22.6 Å². The molecule has 2 aromatic rings. The molecule has 0 unspecified atom stereocenters. The molecule has 29 heavy (non-hydrogen) atoms. The summed E-state index contributed by atoms with van der Waals surface area (Å²) in [5, 5.41) is 1.86. The van der Waals surface area contributed by atoms with E-state index in [0.29, 0.717) is 5.41 Å². The Labute approximate surface area is 184 Å². The van der Waals surface area contributed by atoms with E-state index in [-0.39, 0.29) is 0 Å². The SMILES string of the molecule is CC(C)C(CCCCCCCCCn1ccc2c(Cl)ccnc21)(C(C)C)C(C)C. The molecule has 2 rings (SSSR count). The molecular formula is C26H43ClN2. The van der Waals surface area contributed by atoms with Gasteiger partial charge in [0.25, 0.3) is 0 Å². The Hall–Kier alpha value is -1.02.